The average molecular weight is 345 g/mol. The number of carboxylic acid groups (broad SMARTS) is 1. The Bertz CT molecular complexity index is 281. The van der Waals surface area contributed by atoms with Crippen molar-refractivity contribution in [3.63, 3.8) is 0 Å². The van der Waals surface area contributed by atoms with Crippen molar-refractivity contribution in [2.45, 2.75) is 116 Å². The summed E-state index contributed by atoms with van der Waals surface area (Å²) in [5.74, 6) is -0.704. The van der Waals surface area contributed by atoms with Crippen LogP contribution in [0.25, 0.3) is 0 Å². The van der Waals surface area contributed by atoms with E-state index in [2.05, 4.69) is 6.92 Å². The number of ether oxygens (including phenoxy) is 1. The minimum atomic E-state index is -0.704. The summed E-state index contributed by atoms with van der Waals surface area (Å²) in [6.45, 7) is 4.86. The van der Waals surface area contributed by atoms with Crippen LogP contribution in [-0.2, 0) is 9.53 Å². The number of aliphatic carboxylic acids is 1. The second-order valence-electron chi connectivity index (χ2n) is 6.82. The fourth-order valence-corrected chi connectivity index (χ4v) is 3.07. The Kier molecular flexibility index (Phi) is 16.8. The molecule has 144 valence electrons. The van der Waals surface area contributed by atoms with Crippen molar-refractivity contribution in [1.29, 1.82) is 0 Å². The first-order chi connectivity index (χ1) is 11.6. The third-order valence-electron chi connectivity index (χ3n) is 4.54. The number of hydrogen-bond donors (Lipinski definition) is 2. The van der Waals surface area contributed by atoms with Crippen LogP contribution >= 0.6 is 0 Å². The summed E-state index contributed by atoms with van der Waals surface area (Å²) < 4.78 is 5.73. The van der Waals surface area contributed by atoms with E-state index in [0.717, 1.165) is 51.4 Å². The Morgan fingerprint density at radius 1 is 0.833 bits per heavy atom. The van der Waals surface area contributed by atoms with Crippen LogP contribution in [0.2, 0.25) is 0 Å². The lowest BCUT2D eigenvalue weighted by Crippen LogP contribution is -2.29. The molecule has 0 radical (unpaired) electrons. The summed E-state index contributed by atoms with van der Waals surface area (Å²) in [6, 6.07) is 0. The summed E-state index contributed by atoms with van der Waals surface area (Å²) in [6.07, 6.45) is 14.1. The van der Waals surface area contributed by atoms with Gasteiger partial charge in [-0.3, -0.25) is 4.79 Å². The van der Waals surface area contributed by atoms with Crippen LogP contribution in [0.1, 0.15) is 104 Å². The zero-order chi connectivity index (χ0) is 18.0. The van der Waals surface area contributed by atoms with Gasteiger partial charge >= 0.3 is 5.97 Å². The van der Waals surface area contributed by atoms with Crippen LogP contribution in [0.5, 0.6) is 0 Å². The van der Waals surface area contributed by atoms with Crippen LogP contribution in [0.4, 0.5) is 0 Å². The predicted molar refractivity (Wildman–Crippen MR) is 99.4 cm³/mol. The zero-order valence-electron chi connectivity index (χ0n) is 16.0. The summed E-state index contributed by atoms with van der Waals surface area (Å²) in [5, 5.41) is 19.0. The van der Waals surface area contributed by atoms with E-state index in [9.17, 15) is 9.90 Å². The molecule has 0 spiro atoms. The van der Waals surface area contributed by atoms with E-state index in [1.54, 1.807) is 0 Å². The lowest BCUT2D eigenvalue weighted by Gasteiger charge is -2.23. The van der Waals surface area contributed by atoms with E-state index >= 15 is 0 Å². The second-order valence-corrected chi connectivity index (χ2v) is 6.82. The quantitative estimate of drug-likeness (QED) is 0.330. The number of unbranched alkanes of at least 4 members (excludes halogenated alkanes) is 9. The molecule has 0 saturated carbocycles. The molecule has 0 aliphatic heterocycles. The standard InChI is InChI=1S/C20H40O4/c1-3-5-6-7-9-12-15-18(21)19(24-4-2)16-13-10-8-11-14-17-20(22)23/h18-19,21H,3-17H2,1-2H3,(H,22,23). The van der Waals surface area contributed by atoms with Gasteiger partial charge in [0.15, 0.2) is 0 Å². The molecule has 0 aromatic rings. The number of aliphatic hydroxyl groups is 1. The largest absolute Gasteiger partial charge is 0.481 e. The maximum absolute atomic E-state index is 10.4. The van der Waals surface area contributed by atoms with E-state index in [4.69, 9.17) is 9.84 Å². The topological polar surface area (TPSA) is 66.8 Å². The molecule has 0 amide bonds. The van der Waals surface area contributed by atoms with Gasteiger partial charge in [0, 0.05) is 13.0 Å². The maximum atomic E-state index is 10.4. The van der Waals surface area contributed by atoms with Gasteiger partial charge in [0.25, 0.3) is 0 Å². The Morgan fingerprint density at radius 3 is 1.96 bits per heavy atom. The van der Waals surface area contributed by atoms with E-state index < -0.39 is 5.97 Å². The first-order valence-electron chi connectivity index (χ1n) is 10.1. The molecule has 0 bridgehead atoms. The predicted octanol–water partition coefficient (Wildman–Crippen LogP) is 5.32. The molecule has 4 heteroatoms. The summed E-state index contributed by atoms with van der Waals surface area (Å²) in [4.78, 5) is 10.4. The Hall–Kier alpha value is -0.610. The summed E-state index contributed by atoms with van der Waals surface area (Å²) in [7, 11) is 0. The lowest BCUT2D eigenvalue weighted by molar-refractivity contribution is -0.137. The molecular formula is C20H40O4. The average Bonchev–Trinajstić information content (AvgIpc) is 2.55. The number of rotatable bonds is 18. The highest BCUT2D eigenvalue weighted by atomic mass is 16.5. The van der Waals surface area contributed by atoms with Gasteiger partial charge < -0.3 is 14.9 Å². The van der Waals surface area contributed by atoms with Gasteiger partial charge in [0.05, 0.1) is 12.2 Å². The fourth-order valence-electron chi connectivity index (χ4n) is 3.07. The lowest BCUT2D eigenvalue weighted by atomic mass is 9.99. The Morgan fingerprint density at radius 2 is 1.38 bits per heavy atom. The molecule has 2 N–H and O–H groups in total. The van der Waals surface area contributed by atoms with Crippen LogP contribution < -0.4 is 0 Å². The monoisotopic (exact) mass is 344 g/mol. The van der Waals surface area contributed by atoms with Crippen LogP contribution in [-0.4, -0.2) is 35.0 Å². The van der Waals surface area contributed by atoms with Crippen LogP contribution in [0, 0.1) is 0 Å². The van der Waals surface area contributed by atoms with E-state index in [-0.39, 0.29) is 18.6 Å². The first-order valence-corrected chi connectivity index (χ1v) is 10.1. The van der Waals surface area contributed by atoms with Crippen LogP contribution in [0.3, 0.4) is 0 Å². The Labute approximate surface area is 149 Å². The molecule has 0 aliphatic rings. The molecule has 0 aromatic heterocycles. The van der Waals surface area contributed by atoms with E-state index in [0.29, 0.717) is 6.61 Å². The first kappa shape index (κ1) is 23.4. The number of hydrogen-bond acceptors (Lipinski definition) is 3. The molecular weight excluding hydrogens is 304 g/mol. The maximum Gasteiger partial charge on any atom is 0.303 e. The molecule has 0 fully saturated rings. The normalized spacial score (nSPS) is 13.8. The van der Waals surface area contributed by atoms with Crippen LogP contribution in [0.15, 0.2) is 0 Å². The van der Waals surface area contributed by atoms with E-state index in [1.165, 1.54) is 32.1 Å². The fraction of sp³-hybridized carbons (Fsp3) is 0.950. The summed E-state index contributed by atoms with van der Waals surface area (Å²) in [5.41, 5.74) is 0. The Balaban J connectivity index is 3.71. The van der Waals surface area contributed by atoms with Gasteiger partial charge in [0.2, 0.25) is 0 Å². The molecule has 0 aliphatic carbocycles. The van der Waals surface area contributed by atoms with Crippen molar-refractivity contribution in [3.05, 3.63) is 0 Å². The molecule has 0 heterocycles. The third kappa shape index (κ3) is 14.9. The van der Waals surface area contributed by atoms with Crippen molar-refractivity contribution in [2.75, 3.05) is 6.61 Å². The van der Waals surface area contributed by atoms with Crippen molar-refractivity contribution in [2.24, 2.45) is 0 Å². The molecule has 0 saturated heterocycles. The van der Waals surface area contributed by atoms with Gasteiger partial charge in [-0.05, 0) is 26.2 Å². The van der Waals surface area contributed by atoms with Gasteiger partial charge in [-0.2, -0.15) is 0 Å². The molecule has 2 atom stereocenters. The van der Waals surface area contributed by atoms with Gasteiger partial charge in [-0.1, -0.05) is 71.1 Å². The van der Waals surface area contributed by atoms with Crippen molar-refractivity contribution < 1.29 is 19.7 Å². The number of carbonyl (C=O) groups is 1. The highest BCUT2D eigenvalue weighted by Crippen LogP contribution is 2.17. The van der Waals surface area contributed by atoms with E-state index in [1.807, 2.05) is 6.92 Å². The number of aliphatic hydroxyl groups excluding tert-OH is 1. The van der Waals surface area contributed by atoms with Crippen molar-refractivity contribution >= 4 is 5.97 Å². The number of carboxylic acids is 1. The molecule has 0 rings (SSSR count). The minimum Gasteiger partial charge on any atom is -0.481 e. The van der Waals surface area contributed by atoms with Gasteiger partial charge in [-0.15, -0.1) is 0 Å². The van der Waals surface area contributed by atoms with Crippen molar-refractivity contribution in [1.82, 2.24) is 0 Å². The zero-order valence-corrected chi connectivity index (χ0v) is 16.0. The molecule has 24 heavy (non-hydrogen) atoms. The SMILES string of the molecule is CCCCCCCCC(O)C(CCCCCCCC(=O)O)OCC. The highest BCUT2D eigenvalue weighted by molar-refractivity contribution is 5.66. The second kappa shape index (κ2) is 17.2. The molecule has 2 unspecified atom stereocenters. The third-order valence-corrected chi connectivity index (χ3v) is 4.54. The van der Waals surface area contributed by atoms with Gasteiger partial charge in [-0.25, -0.2) is 0 Å². The minimum absolute atomic E-state index is 0.0374. The molecule has 0 aromatic carbocycles. The highest BCUT2D eigenvalue weighted by Gasteiger charge is 2.18. The molecule has 4 nitrogen and oxygen atoms in total. The summed E-state index contributed by atoms with van der Waals surface area (Å²) >= 11 is 0. The van der Waals surface area contributed by atoms with Gasteiger partial charge in [0.1, 0.15) is 0 Å². The van der Waals surface area contributed by atoms with Crippen molar-refractivity contribution in [3.8, 4) is 0 Å². The smallest absolute Gasteiger partial charge is 0.303 e.